The maximum Gasteiger partial charge on any atom is 0.182 e. The summed E-state index contributed by atoms with van der Waals surface area (Å²) in [6, 6.07) is 6.45. The van der Waals surface area contributed by atoms with Gasteiger partial charge in [0.25, 0.3) is 0 Å². The van der Waals surface area contributed by atoms with Gasteiger partial charge in [-0.25, -0.2) is 9.37 Å². The zero-order chi connectivity index (χ0) is 11.0. The summed E-state index contributed by atoms with van der Waals surface area (Å²) in [4.78, 5) is 4.27. The maximum atomic E-state index is 13.1. The molecule has 1 heterocycles. The number of imidazole rings is 1. The van der Waals surface area contributed by atoms with E-state index in [2.05, 4.69) is 20.9 Å². The SMILES string of the molecule is Cc1nc(Br)n(-c2cccc(F)c2)c1C. The van der Waals surface area contributed by atoms with Crippen molar-refractivity contribution in [2.24, 2.45) is 0 Å². The van der Waals surface area contributed by atoms with Crippen LogP contribution in [0, 0.1) is 19.7 Å². The Morgan fingerprint density at radius 2 is 2.07 bits per heavy atom. The zero-order valence-corrected chi connectivity index (χ0v) is 10.0. The van der Waals surface area contributed by atoms with Crippen molar-refractivity contribution in [3.8, 4) is 5.69 Å². The molecule has 2 aromatic rings. The van der Waals surface area contributed by atoms with Crippen LogP contribution in [0.3, 0.4) is 0 Å². The Hall–Kier alpha value is -1.16. The second-order valence-corrected chi connectivity index (χ2v) is 4.08. The van der Waals surface area contributed by atoms with Crippen LogP contribution in [-0.4, -0.2) is 9.55 Å². The minimum atomic E-state index is -0.245. The minimum Gasteiger partial charge on any atom is -0.291 e. The third kappa shape index (κ3) is 1.81. The Labute approximate surface area is 95.9 Å². The molecule has 0 atom stereocenters. The molecular formula is C11H10BrFN2. The van der Waals surface area contributed by atoms with E-state index in [4.69, 9.17) is 0 Å². The molecule has 2 rings (SSSR count). The van der Waals surface area contributed by atoms with E-state index < -0.39 is 0 Å². The van der Waals surface area contributed by atoms with E-state index in [-0.39, 0.29) is 5.82 Å². The van der Waals surface area contributed by atoms with Crippen LogP contribution in [0.15, 0.2) is 29.0 Å². The Morgan fingerprint density at radius 3 is 2.60 bits per heavy atom. The second kappa shape index (κ2) is 3.77. The van der Waals surface area contributed by atoms with Gasteiger partial charge in [0.2, 0.25) is 0 Å². The molecule has 0 saturated carbocycles. The first-order valence-electron chi connectivity index (χ1n) is 4.57. The Kier molecular flexibility index (Phi) is 2.61. The lowest BCUT2D eigenvalue weighted by Gasteiger charge is -2.06. The molecule has 0 spiro atoms. The third-order valence-corrected chi connectivity index (χ3v) is 2.90. The first-order chi connectivity index (χ1) is 7.09. The summed E-state index contributed by atoms with van der Waals surface area (Å²) in [6.45, 7) is 3.88. The van der Waals surface area contributed by atoms with Crippen LogP contribution in [0.1, 0.15) is 11.4 Å². The fourth-order valence-corrected chi connectivity index (χ4v) is 2.22. The molecule has 4 heteroatoms. The number of aryl methyl sites for hydroxylation is 1. The summed E-state index contributed by atoms with van der Waals surface area (Å²) < 4.78 is 15.6. The lowest BCUT2D eigenvalue weighted by Crippen LogP contribution is -1.97. The highest BCUT2D eigenvalue weighted by molar-refractivity contribution is 9.10. The molecule has 0 bridgehead atoms. The molecule has 1 aromatic heterocycles. The number of halogens is 2. The largest absolute Gasteiger partial charge is 0.291 e. The highest BCUT2D eigenvalue weighted by Crippen LogP contribution is 2.21. The number of aromatic nitrogens is 2. The van der Waals surface area contributed by atoms with Gasteiger partial charge >= 0.3 is 0 Å². The first kappa shape index (κ1) is 10.4. The van der Waals surface area contributed by atoms with E-state index >= 15 is 0 Å². The second-order valence-electron chi connectivity index (χ2n) is 3.37. The topological polar surface area (TPSA) is 17.8 Å². The van der Waals surface area contributed by atoms with Crippen LogP contribution in [0.4, 0.5) is 4.39 Å². The van der Waals surface area contributed by atoms with Crippen LogP contribution in [0.25, 0.3) is 5.69 Å². The number of hydrogen-bond acceptors (Lipinski definition) is 1. The van der Waals surface area contributed by atoms with E-state index in [9.17, 15) is 4.39 Å². The third-order valence-electron chi connectivity index (χ3n) is 2.37. The van der Waals surface area contributed by atoms with Crippen molar-refractivity contribution in [3.63, 3.8) is 0 Å². The number of benzene rings is 1. The van der Waals surface area contributed by atoms with Crippen molar-refractivity contribution in [2.45, 2.75) is 13.8 Å². The lowest BCUT2D eigenvalue weighted by molar-refractivity contribution is 0.626. The molecule has 0 amide bonds. The Balaban J connectivity index is 2.63. The molecule has 2 nitrogen and oxygen atoms in total. The van der Waals surface area contributed by atoms with Crippen LogP contribution < -0.4 is 0 Å². The van der Waals surface area contributed by atoms with Crippen molar-refractivity contribution in [1.82, 2.24) is 9.55 Å². The van der Waals surface area contributed by atoms with Crippen LogP contribution >= 0.6 is 15.9 Å². The van der Waals surface area contributed by atoms with Crippen molar-refractivity contribution in [3.05, 3.63) is 46.2 Å². The summed E-state index contributed by atoms with van der Waals surface area (Å²) in [6.07, 6.45) is 0. The predicted molar refractivity (Wildman–Crippen MR) is 60.7 cm³/mol. The minimum absolute atomic E-state index is 0.245. The summed E-state index contributed by atoms with van der Waals surface area (Å²) in [7, 11) is 0. The maximum absolute atomic E-state index is 13.1. The van der Waals surface area contributed by atoms with Gasteiger partial charge in [-0.15, -0.1) is 0 Å². The van der Waals surface area contributed by atoms with Crippen molar-refractivity contribution < 1.29 is 4.39 Å². The number of hydrogen-bond donors (Lipinski definition) is 0. The average Bonchev–Trinajstić information content (AvgIpc) is 2.41. The van der Waals surface area contributed by atoms with Gasteiger partial charge in [0.1, 0.15) is 5.82 Å². The van der Waals surface area contributed by atoms with E-state index in [0.29, 0.717) is 4.73 Å². The number of rotatable bonds is 1. The van der Waals surface area contributed by atoms with Gasteiger partial charge in [-0.05, 0) is 48.0 Å². The predicted octanol–water partition coefficient (Wildman–Crippen LogP) is 3.39. The zero-order valence-electron chi connectivity index (χ0n) is 8.46. The molecule has 0 saturated heterocycles. The molecule has 0 fully saturated rings. The average molecular weight is 269 g/mol. The highest BCUT2D eigenvalue weighted by atomic mass is 79.9. The first-order valence-corrected chi connectivity index (χ1v) is 5.36. The van der Waals surface area contributed by atoms with Crippen molar-refractivity contribution in [2.75, 3.05) is 0 Å². The normalized spacial score (nSPS) is 10.7. The molecule has 15 heavy (non-hydrogen) atoms. The monoisotopic (exact) mass is 268 g/mol. The van der Waals surface area contributed by atoms with E-state index in [0.717, 1.165) is 17.1 Å². The molecule has 0 unspecified atom stereocenters. The van der Waals surface area contributed by atoms with Crippen molar-refractivity contribution in [1.29, 1.82) is 0 Å². The Bertz CT molecular complexity index is 505. The summed E-state index contributed by atoms with van der Waals surface area (Å²) in [5.41, 5.74) is 2.72. The quantitative estimate of drug-likeness (QED) is 0.775. The van der Waals surface area contributed by atoms with Gasteiger partial charge in [0.15, 0.2) is 4.73 Å². The van der Waals surface area contributed by atoms with E-state index in [1.807, 2.05) is 24.5 Å². The smallest absolute Gasteiger partial charge is 0.182 e. The van der Waals surface area contributed by atoms with Gasteiger partial charge in [0, 0.05) is 5.69 Å². The Morgan fingerprint density at radius 1 is 1.33 bits per heavy atom. The van der Waals surface area contributed by atoms with E-state index in [1.54, 1.807) is 6.07 Å². The number of nitrogens with zero attached hydrogens (tertiary/aromatic N) is 2. The van der Waals surface area contributed by atoms with E-state index in [1.165, 1.54) is 12.1 Å². The summed E-state index contributed by atoms with van der Waals surface area (Å²) in [5, 5.41) is 0. The van der Waals surface area contributed by atoms with Crippen LogP contribution in [0.2, 0.25) is 0 Å². The van der Waals surface area contributed by atoms with Crippen molar-refractivity contribution >= 4 is 15.9 Å². The molecular weight excluding hydrogens is 259 g/mol. The molecule has 78 valence electrons. The molecule has 0 radical (unpaired) electrons. The standard InChI is InChI=1S/C11H10BrFN2/c1-7-8(2)15(11(12)14-7)10-5-3-4-9(13)6-10/h3-6H,1-2H3. The fourth-order valence-electron chi connectivity index (χ4n) is 1.48. The molecule has 0 aliphatic carbocycles. The van der Waals surface area contributed by atoms with Gasteiger partial charge in [-0.1, -0.05) is 6.07 Å². The fraction of sp³-hybridized carbons (Fsp3) is 0.182. The highest BCUT2D eigenvalue weighted by Gasteiger charge is 2.10. The van der Waals surface area contributed by atoms with Gasteiger partial charge in [-0.3, -0.25) is 4.57 Å². The van der Waals surface area contributed by atoms with Gasteiger partial charge in [0.05, 0.1) is 11.4 Å². The molecule has 0 aliphatic rings. The van der Waals surface area contributed by atoms with Gasteiger partial charge in [-0.2, -0.15) is 0 Å². The summed E-state index contributed by atoms with van der Waals surface area (Å²) >= 11 is 3.36. The molecule has 0 aliphatic heterocycles. The molecule has 0 N–H and O–H groups in total. The van der Waals surface area contributed by atoms with Crippen LogP contribution in [0.5, 0.6) is 0 Å². The molecule has 1 aromatic carbocycles. The lowest BCUT2D eigenvalue weighted by atomic mass is 10.3. The van der Waals surface area contributed by atoms with Gasteiger partial charge < -0.3 is 0 Å². The van der Waals surface area contributed by atoms with Crippen LogP contribution in [-0.2, 0) is 0 Å². The summed E-state index contributed by atoms with van der Waals surface area (Å²) in [5.74, 6) is -0.245.